The summed E-state index contributed by atoms with van der Waals surface area (Å²) in [5, 5.41) is 8.89. The van der Waals surface area contributed by atoms with Crippen LogP contribution in [0, 0.1) is 23.0 Å². The number of hydrogen-bond donors (Lipinski definition) is 1. The second-order valence-corrected chi connectivity index (χ2v) is 4.77. The summed E-state index contributed by atoms with van der Waals surface area (Å²) in [4.78, 5) is 11.4. The molecule has 106 valence electrons. The molecule has 0 aliphatic carbocycles. The molecular formula is C15H7F2N5. The second-order valence-electron chi connectivity index (χ2n) is 4.77. The number of benzene rings is 2. The van der Waals surface area contributed by atoms with Gasteiger partial charge in [0.05, 0.1) is 33.7 Å². The number of fused-ring (bicyclic) bond motifs is 2. The molecule has 4 aromatic rings. The third-order valence-electron chi connectivity index (χ3n) is 3.42. The molecule has 4 rings (SSSR count). The van der Waals surface area contributed by atoms with Crippen LogP contribution in [-0.2, 0) is 0 Å². The molecular weight excluding hydrogens is 288 g/mol. The van der Waals surface area contributed by atoms with Crippen molar-refractivity contribution >= 4 is 22.1 Å². The third-order valence-corrected chi connectivity index (χ3v) is 3.42. The van der Waals surface area contributed by atoms with E-state index in [4.69, 9.17) is 5.26 Å². The number of nitriles is 1. The highest BCUT2D eigenvalue weighted by molar-refractivity contribution is 5.80. The quantitative estimate of drug-likeness (QED) is 0.586. The highest BCUT2D eigenvalue weighted by Crippen LogP contribution is 2.21. The Bertz CT molecular complexity index is 1030. The zero-order valence-corrected chi connectivity index (χ0v) is 11.0. The maximum atomic E-state index is 13.3. The molecule has 2 aromatic carbocycles. The van der Waals surface area contributed by atoms with Gasteiger partial charge in [0, 0.05) is 12.1 Å². The first-order valence-electron chi connectivity index (χ1n) is 6.38. The number of aromatic nitrogens is 4. The van der Waals surface area contributed by atoms with Crippen molar-refractivity contribution in [1.29, 1.82) is 5.26 Å². The molecule has 0 amide bonds. The lowest BCUT2D eigenvalue weighted by atomic mass is 10.2. The minimum atomic E-state index is -0.945. The molecule has 5 nitrogen and oxygen atoms in total. The minimum Gasteiger partial charge on any atom is -0.323 e. The second kappa shape index (κ2) is 4.36. The van der Waals surface area contributed by atoms with Crippen LogP contribution in [0.25, 0.3) is 28.0 Å². The first-order valence-corrected chi connectivity index (χ1v) is 6.38. The van der Waals surface area contributed by atoms with Gasteiger partial charge in [-0.25, -0.2) is 18.7 Å². The summed E-state index contributed by atoms with van der Waals surface area (Å²) in [5.41, 5.74) is 2.59. The van der Waals surface area contributed by atoms with Gasteiger partial charge in [-0.2, -0.15) is 5.26 Å². The lowest BCUT2D eigenvalue weighted by Crippen LogP contribution is -1.94. The van der Waals surface area contributed by atoms with E-state index in [9.17, 15) is 8.78 Å². The number of imidazole rings is 2. The predicted molar refractivity (Wildman–Crippen MR) is 75.4 cm³/mol. The van der Waals surface area contributed by atoms with E-state index in [1.54, 1.807) is 22.8 Å². The molecule has 0 aliphatic heterocycles. The van der Waals surface area contributed by atoms with Crippen molar-refractivity contribution in [2.75, 3.05) is 0 Å². The Morgan fingerprint density at radius 3 is 2.73 bits per heavy atom. The zero-order chi connectivity index (χ0) is 15.3. The predicted octanol–water partition coefficient (Wildman–Crippen LogP) is 3.05. The molecule has 7 heteroatoms. The van der Waals surface area contributed by atoms with E-state index < -0.39 is 11.6 Å². The van der Waals surface area contributed by atoms with Crippen molar-refractivity contribution in [1.82, 2.24) is 19.5 Å². The molecule has 0 fully saturated rings. The van der Waals surface area contributed by atoms with Crippen LogP contribution < -0.4 is 0 Å². The fraction of sp³-hybridized carbons (Fsp3) is 0. The first-order chi connectivity index (χ1) is 10.7. The maximum absolute atomic E-state index is 13.3. The van der Waals surface area contributed by atoms with Gasteiger partial charge in [-0.3, -0.25) is 4.57 Å². The summed E-state index contributed by atoms with van der Waals surface area (Å²) in [6.45, 7) is 0. The highest BCUT2D eigenvalue weighted by atomic mass is 19.2. The van der Waals surface area contributed by atoms with Gasteiger partial charge >= 0.3 is 0 Å². The van der Waals surface area contributed by atoms with Crippen LogP contribution in [0.3, 0.4) is 0 Å². The molecule has 0 atom stereocenters. The largest absolute Gasteiger partial charge is 0.323 e. The molecule has 0 unspecified atom stereocenters. The summed E-state index contributed by atoms with van der Waals surface area (Å²) in [5.74, 6) is -1.48. The van der Waals surface area contributed by atoms with E-state index >= 15 is 0 Å². The van der Waals surface area contributed by atoms with Crippen LogP contribution >= 0.6 is 0 Å². The van der Waals surface area contributed by atoms with Gasteiger partial charge in [0.1, 0.15) is 6.33 Å². The number of aromatic amines is 1. The summed E-state index contributed by atoms with van der Waals surface area (Å²) >= 11 is 0. The normalized spacial score (nSPS) is 11.1. The van der Waals surface area contributed by atoms with E-state index in [2.05, 4.69) is 15.0 Å². The highest BCUT2D eigenvalue weighted by Gasteiger charge is 2.12. The average molecular weight is 295 g/mol. The Balaban J connectivity index is 1.93. The van der Waals surface area contributed by atoms with Gasteiger partial charge < -0.3 is 4.98 Å². The van der Waals surface area contributed by atoms with Crippen molar-refractivity contribution in [3.8, 4) is 12.0 Å². The summed E-state index contributed by atoms with van der Waals surface area (Å²) < 4.78 is 28.2. The Kier molecular flexibility index (Phi) is 2.47. The minimum absolute atomic E-state index is 0.324. The number of H-pyrrole nitrogens is 1. The lowest BCUT2D eigenvalue weighted by molar-refractivity contribution is 0.510. The van der Waals surface area contributed by atoms with Gasteiger partial charge in [-0.05, 0) is 18.2 Å². The molecule has 0 bridgehead atoms. The summed E-state index contributed by atoms with van der Waals surface area (Å²) in [7, 11) is 0. The molecule has 0 radical (unpaired) electrons. The van der Waals surface area contributed by atoms with Gasteiger partial charge in [0.2, 0.25) is 5.95 Å². The molecule has 1 N–H and O–H groups in total. The molecule has 2 heterocycles. The molecule has 22 heavy (non-hydrogen) atoms. The van der Waals surface area contributed by atoms with Crippen molar-refractivity contribution in [3.63, 3.8) is 0 Å². The summed E-state index contributed by atoms with van der Waals surface area (Å²) in [6, 6.07) is 9.22. The Morgan fingerprint density at radius 1 is 1.09 bits per heavy atom. The number of nitrogens with zero attached hydrogens (tertiary/aromatic N) is 4. The smallest absolute Gasteiger partial charge is 0.213 e. The maximum Gasteiger partial charge on any atom is 0.213 e. The van der Waals surface area contributed by atoms with Crippen LogP contribution in [0.2, 0.25) is 0 Å². The number of halogens is 2. The van der Waals surface area contributed by atoms with E-state index in [1.165, 1.54) is 6.33 Å². The molecule has 0 aliphatic rings. The molecule has 2 aromatic heterocycles. The third kappa shape index (κ3) is 1.74. The number of hydrogen-bond acceptors (Lipinski definition) is 3. The van der Waals surface area contributed by atoms with Gasteiger partial charge in [0.15, 0.2) is 11.6 Å². The Labute approximate surface area is 122 Å². The zero-order valence-electron chi connectivity index (χ0n) is 11.0. The SMILES string of the molecule is N#Cc1ccc2c(c1)ncn2-c1nc2cc(F)c(F)cc2[nH]1. The average Bonchev–Trinajstić information content (AvgIpc) is 3.10. The van der Waals surface area contributed by atoms with Crippen molar-refractivity contribution in [2.24, 2.45) is 0 Å². The van der Waals surface area contributed by atoms with Gasteiger partial charge in [0.25, 0.3) is 0 Å². The van der Waals surface area contributed by atoms with Gasteiger partial charge in [-0.1, -0.05) is 0 Å². The molecule has 0 saturated carbocycles. The van der Waals surface area contributed by atoms with Crippen molar-refractivity contribution in [2.45, 2.75) is 0 Å². The first kappa shape index (κ1) is 12.5. The van der Waals surface area contributed by atoms with E-state index in [0.29, 0.717) is 28.1 Å². The standard InChI is InChI=1S/C15H7F2N5/c16-9-4-11-12(5-10(9)17)21-15(20-11)22-7-19-13-3-8(6-18)1-2-14(13)22/h1-5,7H,(H,20,21). The van der Waals surface area contributed by atoms with E-state index in [1.807, 2.05) is 6.07 Å². The lowest BCUT2D eigenvalue weighted by Gasteiger charge is -1.98. The van der Waals surface area contributed by atoms with Gasteiger partial charge in [-0.15, -0.1) is 0 Å². The Morgan fingerprint density at radius 2 is 1.91 bits per heavy atom. The fourth-order valence-electron chi connectivity index (χ4n) is 2.36. The Hall–Kier alpha value is -3.27. The topological polar surface area (TPSA) is 70.3 Å². The number of nitrogens with one attached hydrogen (secondary N) is 1. The monoisotopic (exact) mass is 295 g/mol. The fourth-order valence-corrected chi connectivity index (χ4v) is 2.36. The molecule has 0 spiro atoms. The van der Waals surface area contributed by atoms with E-state index in [-0.39, 0.29) is 0 Å². The van der Waals surface area contributed by atoms with Crippen LogP contribution in [-0.4, -0.2) is 19.5 Å². The van der Waals surface area contributed by atoms with Crippen LogP contribution in [0.15, 0.2) is 36.7 Å². The van der Waals surface area contributed by atoms with Crippen molar-refractivity contribution < 1.29 is 8.78 Å². The van der Waals surface area contributed by atoms with Crippen molar-refractivity contribution in [3.05, 3.63) is 53.9 Å². The van der Waals surface area contributed by atoms with E-state index in [0.717, 1.165) is 17.6 Å². The molecule has 0 saturated heterocycles. The summed E-state index contributed by atoms with van der Waals surface area (Å²) in [6.07, 6.45) is 1.54. The van der Waals surface area contributed by atoms with Crippen LogP contribution in [0.4, 0.5) is 8.78 Å². The van der Waals surface area contributed by atoms with Crippen LogP contribution in [0.1, 0.15) is 5.56 Å². The number of rotatable bonds is 1. The van der Waals surface area contributed by atoms with Crippen LogP contribution in [0.5, 0.6) is 0 Å².